The minimum atomic E-state index is -0.370. The molecular weight excluding hydrogens is 305 g/mol. The van der Waals surface area contributed by atoms with Crippen LogP contribution in [0.3, 0.4) is 0 Å². The summed E-state index contributed by atoms with van der Waals surface area (Å²) >= 11 is 0. The van der Waals surface area contributed by atoms with Crippen LogP contribution in [-0.2, 0) is 0 Å². The van der Waals surface area contributed by atoms with Crippen molar-refractivity contribution in [2.75, 3.05) is 0 Å². The van der Waals surface area contributed by atoms with Crippen LogP contribution in [0.5, 0.6) is 0 Å². The van der Waals surface area contributed by atoms with Crippen LogP contribution in [0.2, 0.25) is 0 Å². The largest absolute Gasteiger partial charge is 0.451 e. The van der Waals surface area contributed by atoms with Gasteiger partial charge in [0.1, 0.15) is 11.6 Å². The maximum Gasteiger partial charge on any atom is 0.287 e. The lowest BCUT2D eigenvalue weighted by Crippen LogP contribution is -2.26. The summed E-state index contributed by atoms with van der Waals surface area (Å²) in [5, 5.41) is 2.97. The fourth-order valence-corrected chi connectivity index (χ4v) is 2.93. The average Bonchev–Trinajstić information content (AvgIpc) is 3.19. The molecule has 0 saturated heterocycles. The summed E-state index contributed by atoms with van der Waals surface area (Å²) < 4.78 is 19.3. The molecule has 0 aliphatic heterocycles. The molecule has 1 fully saturated rings. The molecule has 4 rings (SSSR count). The minimum absolute atomic E-state index is 0.127. The number of rotatable bonds is 4. The molecule has 120 valence electrons. The van der Waals surface area contributed by atoms with Crippen LogP contribution in [0.1, 0.15) is 28.5 Å². The Hall–Kier alpha value is -2.88. The van der Waals surface area contributed by atoms with Gasteiger partial charge in [0.2, 0.25) is 0 Å². The standard InChI is InChI=1S/C20H16FNO2/c21-16-9-5-4-8-14(16)18-10-11-19(24-18)20(23)22-17-12-15(17)13-6-2-1-3-7-13/h1-11,15,17H,12H2,(H,22,23). The Labute approximate surface area is 139 Å². The van der Waals surface area contributed by atoms with Crippen molar-refractivity contribution in [1.29, 1.82) is 0 Å². The van der Waals surface area contributed by atoms with Crippen molar-refractivity contribution in [3.63, 3.8) is 0 Å². The summed E-state index contributed by atoms with van der Waals surface area (Å²) in [6.07, 6.45) is 0.927. The van der Waals surface area contributed by atoms with Crippen LogP contribution in [-0.4, -0.2) is 11.9 Å². The van der Waals surface area contributed by atoms with Gasteiger partial charge in [0, 0.05) is 12.0 Å². The van der Waals surface area contributed by atoms with Crippen LogP contribution in [0.4, 0.5) is 4.39 Å². The van der Waals surface area contributed by atoms with Crippen molar-refractivity contribution in [3.05, 3.63) is 83.9 Å². The van der Waals surface area contributed by atoms with E-state index in [0.29, 0.717) is 17.2 Å². The monoisotopic (exact) mass is 321 g/mol. The summed E-state index contributed by atoms with van der Waals surface area (Å²) in [6.45, 7) is 0. The van der Waals surface area contributed by atoms with Crippen molar-refractivity contribution in [3.8, 4) is 11.3 Å². The topological polar surface area (TPSA) is 42.2 Å². The van der Waals surface area contributed by atoms with Gasteiger partial charge in [-0.05, 0) is 36.2 Å². The first-order valence-corrected chi connectivity index (χ1v) is 7.93. The van der Waals surface area contributed by atoms with Crippen molar-refractivity contribution in [2.45, 2.75) is 18.4 Å². The van der Waals surface area contributed by atoms with Gasteiger partial charge in [0.15, 0.2) is 5.76 Å². The highest BCUT2D eigenvalue weighted by Gasteiger charge is 2.39. The van der Waals surface area contributed by atoms with Gasteiger partial charge in [-0.2, -0.15) is 0 Å². The molecule has 2 unspecified atom stereocenters. The Morgan fingerprint density at radius 3 is 2.54 bits per heavy atom. The number of nitrogens with one attached hydrogen (secondary N) is 1. The fourth-order valence-electron chi connectivity index (χ4n) is 2.93. The Kier molecular flexibility index (Phi) is 3.65. The Balaban J connectivity index is 1.44. The van der Waals surface area contributed by atoms with Crippen LogP contribution >= 0.6 is 0 Å². The molecule has 4 heteroatoms. The second kappa shape index (κ2) is 5.96. The molecule has 3 aromatic rings. The highest BCUT2D eigenvalue weighted by molar-refractivity contribution is 5.92. The molecule has 0 spiro atoms. The zero-order valence-electron chi connectivity index (χ0n) is 12.9. The van der Waals surface area contributed by atoms with Gasteiger partial charge in [0.05, 0.1) is 5.56 Å². The lowest BCUT2D eigenvalue weighted by atomic mass is 10.1. The van der Waals surface area contributed by atoms with Crippen molar-refractivity contribution < 1.29 is 13.6 Å². The van der Waals surface area contributed by atoms with E-state index in [2.05, 4.69) is 17.4 Å². The van der Waals surface area contributed by atoms with Gasteiger partial charge in [0.25, 0.3) is 5.91 Å². The molecular formula is C20H16FNO2. The Morgan fingerprint density at radius 1 is 1.00 bits per heavy atom. The van der Waals surface area contributed by atoms with Gasteiger partial charge in [-0.25, -0.2) is 4.39 Å². The molecule has 1 amide bonds. The number of hydrogen-bond acceptors (Lipinski definition) is 2. The first-order chi connectivity index (χ1) is 11.7. The van der Waals surface area contributed by atoms with E-state index in [0.717, 1.165) is 6.42 Å². The van der Waals surface area contributed by atoms with Crippen molar-refractivity contribution >= 4 is 5.91 Å². The van der Waals surface area contributed by atoms with E-state index in [-0.39, 0.29) is 23.5 Å². The third-order valence-corrected chi connectivity index (χ3v) is 4.30. The Morgan fingerprint density at radius 2 is 1.75 bits per heavy atom. The average molecular weight is 321 g/mol. The lowest BCUT2D eigenvalue weighted by molar-refractivity contribution is 0.0923. The summed E-state index contributed by atoms with van der Waals surface area (Å²) in [5.41, 5.74) is 1.58. The number of amides is 1. The lowest BCUT2D eigenvalue weighted by Gasteiger charge is -2.03. The minimum Gasteiger partial charge on any atom is -0.451 e. The van der Waals surface area contributed by atoms with Gasteiger partial charge in [-0.15, -0.1) is 0 Å². The zero-order chi connectivity index (χ0) is 16.5. The third kappa shape index (κ3) is 2.83. The molecule has 1 aliphatic rings. The second-order valence-corrected chi connectivity index (χ2v) is 5.98. The number of carbonyl (C=O) groups excluding carboxylic acids is 1. The number of carbonyl (C=O) groups is 1. The van der Waals surface area contributed by atoms with Crippen LogP contribution in [0.15, 0.2) is 71.1 Å². The van der Waals surface area contributed by atoms with Gasteiger partial charge in [-0.1, -0.05) is 42.5 Å². The van der Waals surface area contributed by atoms with Gasteiger partial charge < -0.3 is 9.73 Å². The van der Waals surface area contributed by atoms with E-state index in [9.17, 15) is 9.18 Å². The molecule has 2 aromatic carbocycles. The quantitative estimate of drug-likeness (QED) is 0.775. The van der Waals surface area contributed by atoms with E-state index in [4.69, 9.17) is 4.42 Å². The van der Waals surface area contributed by atoms with E-state index >= 15 is 0 Å². The third-order valence-electron chi connectivity index (χ3n) is 4.30. The van der Waals surface area contributed by atoms with Crippen molar-refractivity contribution in [1.82, 2.24) is 5.32 Å². The molecule has 2 atom stereocenters. The first-order valence-electron chi connectivity index (χ1n) is 7.93. The highest BCUT2D eigenvalue weighted by atomic mass is 19.1. The van der Waals surface area contributed by atoms with Crippen LogP contribution in [0, 0.1) is 5.82 Å². The summed E-state index contributed by atoms with van der Waals surface area (Å²) in [4.78, 5) is 12.3. The number of furan rings is 1. The van der Waals surface area contributed by atoms with Gasteiger partial charge >= 0.3 is 0 Å². The molecule has 3 nitrogen and oxygen atoms in total. The van der Waals surface area contributed by atoms with E-state index in [1.165, 1.54) is 11.6 Å². The molecule has 1 heterocycles. The number of hydrogen-bond donors (Lipinski definition) is 1. The molecule has 0 bridgehead atoms. The maximum absolute atomic E-state index is 13.8. The molecule has 24 heavy (non-hydrogen) atoms. The predicted molar refractivity (Wildman–Crippen MR) is 89.2 cm³/mol. The van der Waals surface area contributed by atoms with E-state index < -0.39 is 0 Å². The molecule has 1 aliphatic carbocycles. The fraction of sp³-hybridized carbons (Fsp3) is 0.150. The number of benzene rings is 2. The Bertz CT molecular complexity index is 872. The molecule has 1 saturated carbocycles. The predicted octanol–water partition coefficient (Wildman–Crippen LogP) is 4.37. The van der Waals surface area contributed by atoms with Crippen molar-refractivity contribution in [2.24, 2.45) is 0 Å². The summed E-state index contributed by atoms with van der Waals surface area (Å²) in [5.74, 6) is 0.280. The number of halogens is 1. The molecule has 1 N–H and O–H groups in total. The van der Waals surface area contributed by atoms with E-state index in [1.54, 1.807) is 30.3 Å². The second-order valence-electron chi connectivity index (χ2n) is 5.98. The first kappa shape index (κ1) is 14.7. The van der Waals surface area contributed by atoms with Crippen LogP contribution in [0.25, 0.3) is 11.3 Å². The van der Waals surface area contributed by atoms with E-state index in [1.807, 2.05) is 18.2 Å². The normalized spacial score (nSPS) is 19.0. The molecule has 0 radical (unpaired) electrons. The van der Waals surface area contributed by atoms with Crippen LogP contribution < -0.4 is 5.32 Å². The molecule has 1 aromatic heterocycles. The highest BCUT2D eigenvalue weighted by Crippen LogP contribution is 2.40. The smallest absolute Gasteiger partial charge is 0.287 e. The summed E-state index contributed by atoms with van der Waals surface area (Å²) in [7, 11) is 0. The van der Waals surface area contributed by atoms with Gasteiger partial charge in [-0.3, -0.25) is 4.79 Å². The maximum atomic E-state index is 13.8. The zero-order valence-corrected chi connectivity index (χ0v) is 12.9. The summed E-state index contributed by atoms with van der Waals surface area (Å²) in [6, 6.07) is 19.8. The SMILES string of the molecule is O=C(NC1CC1c1ccccc1)c1ccc(-c2ccccc2F)o1.